The number of benzene rings is 3. The second-order valence-electron chi connectivity index (χ2n) is 11.9. The maximum atomic E-state index is 13.1. The summed E-state index contributed by atoms with van der Waals surface area (Å²) in [6.07, 6.45) is 7.32. The number of nitrogens with one attached hydrogen (secondary N) is 1. The molecular weight excluding hydrogens is 548 g/mol. The van der Waals surface area contributed by atoms with E-state index in [-0.39, 0.29) is 18.6 Å². The van der Waals surface area contributed by atoms with Gasteiger partial charge in [0.1, 0.15) is 18.5 Å². The van der Waals surface area contributed by atoms with Gasteiger partial charge in [-0.25, -0.2) is 0 Å². The van der Waals surface area contributed by atoms with Gasteiger partial charge in [0.15, 0.2) is 0 Å². The molecule has 0 unspecified atom stereocenters. The largest absolute Gasteiger partial charge is 0.490 e. The molecule has 1 saturated heterocycles. The van der Waals surface area contributed by atoms with Crippen LogP contribution in [0.4, 0.5) is 0 Å². The first-order valence-electron chi connectivity index (χ1n) is 16.1. The van der Waals surface area contributed by atoms with E-state index in [9.17, 15) is 9.90 Å². The summed E-state index contributed by atoms with van der Waals surface area (Å²) in [5.74, 6) is 0.852. The Kier molecular flexibility index (Phi) is 12.2. The van der Waals surface area contributed by atoms with E-state index in [4.69, 9.17) is 4.74 Å². The third-order valence-electron chi connectivity index (χ3n) is 8.42. The summed E-state index contributed by atoms with van der Waals surface area (Å²) in [6, 6.07) is 31.0. The molecule has 0 saturated carbocycles. The van der Waals surface area contributed by atoms with Gasteiger partial charge in [0.2, 0.25) is 5.91 Å². The molecule has 3 aromatic carbocycles. The van der Waals surface area contributed by atoms with Crippen LogP contribution in [0.25, 0.3) is 10.9 Å². The zero-order valence-corrected chi connectivity index (χ0v) is 25.7. The Balaban J connectivity index is 1.03. The Hall–Kier alpha value is -3.78. The topological polar surface area (TPSA) is 77.9 Å². The number of piperazine rings is 1. The molecule has 0 radical (unpaired) electrons. The number of β-amino-alcohol motifs (C(OH)–C–C–N with tert-alkyl or cyclic N) is 1. The molecule has 2 heterocycles. The van der Waals surface area contributed by atoms with E-state index in [0.29, 0.717) is 13.1 Å². The third kappa shape index (κ3) is 10.2. The first-order valence-corrected chi connectivity index (χ1v) is 16.1. The van der Waals surface area contributed by atoms with E-state index in [0.717, 1.165) is 81.4 Å². The van der Waals surface area contributed by atoms with Crippen LogP contribution in [0.3, 0.4) is 0 Å². The first-order chi connectivity index (χ1) is 21.6. The number of aliphatic hydroxyl groups excluding tert-OH is 1. The standard InChI is InChI=1S/C37H46N4O3/c42-33(29-44-36-21-9-20-35-34(36)19-10-22-38-35)27-40-23-25-41(26-24-40)28-37(43)39-32(17-7-15-30-11-3-1-4-12-30)18-8-16-31-13-5-2-6-14-31/h1-6,9-14,19-22,32-33,42H,7-8,15-18,23-29H2,(H,39,43)/t33-/m1/s1. The molecule has 1 aromatic heterocycles. The number of nitrogens with zero attached hydrogens (tertiary/aromatic N) is 3. The second-order valence-corrected chi connectivity index (χ2v) is 11.9. The van der Waals surface area contributed by atoms with Crippen LogP contribution < -0.4 is 10.1 Å². The summed E-state index contributed by atoms with van der Waals surface area (Å²) in [5, 5.41) is 15.0. The smallest absolute Gasteiger partial charge is 0.234 e. The van der Waals surface area contributed by atoms with Crippen molar-refractivity contribution >= 4 is 16.8 Å². The molecule has 0 bridgehead atoms. The van der Waals surface area contributed by atoms with Gasteiger partial charge in [-0.15, -0.1) is 0 Å². The molecule has 0 spiro atoms. The van der Waals surface area contributed by atoms with Crippen molar-refractivity contribution in [2.45, 2.75) is 50.7 Å². The van der Waals surface area contributed by atoms with Crippen LogP contribution in [-0.2, 0) is 17.6 Å². The Morgan fingerprint density at radius 3 is 2.09 bits per heavy atom. The predicted molar refractivity (Wildman–Crippen MR) is 177 cm³/mol. The maximum Gasteiger partial charge on any atom is 0.234 e. The molecule has 44 heavy (non-hydrogen) atoms. The zero-order chi connectivity index (χ0) is 30.4. The van der Waals surface area contributed by atoms with Crippen LogP contribution in [0.1, 0.15) is 36.8 Å². The van der Waals surface area contributed by atoms with Gasteiger partial charge in [0, 0.05) is 50.3 Å². The van der Waals surface area contributed by atoms with Gasteiger partial charge in [-0.1, -0.05) is 66.7 Å². The Morgan fingerprint density at radius 1 is 0.795 bits per heavy atom. The molecule has 7 nitrogen and oxygen atoms in total. The van der Waals surface area contributed by atoms with E-state index >= 15 is 0 Å². The molecular formula is C37H46N4O3. The molecule has 1 amide bonds. The molecule has 5 rings (SSSR count). The number of ether oxygens (including phenoxy) is 1. The van der Waals surface area contributed by atoms with E-state index in [1.165, 1.54) is 11.1 Å². The van der Waals surface area contributed by atoms with Crippen molar-refractivity contribution in [2.75, 3.05) is 45.9 Å². The average molecular weight is 595 g/mol. The summed E-state index contributed by atoms with van der Waals surface area (Å²) in [7, 11) is 0. The van der Waals surface area contributed by atoms with Gasteiger partial charge >= 0.3 is 0 Å². The molecule has 1 fully saturated rings. The van der Waals surface area contributed by atoms with Crippen LogP contribution >= 0.6 is 0 Å². The number of amides is 1. The van der Waals surface area contributed by atoms with Crippen molar-refractivity contribution < 1.29 is 14.6 Å². The summed E-state index contributed by atoms with van der Waals surface area (Å²) in [5.41, 5.74) is 3.58. The minimum Gasteiger partial charge on any atom is -0.490 e. The van der Waals surface area contributed by atoms with Gasteiger partial charge in [0.05, 0.1) is 12.1 Å². The second kappa shape index (κ2) is 16.9. The molecule has 1 aliphatic heterocycles. The van der Waals surface area contributed by atoms with Crippen LogP contribution in [0.5, 0.6) is 5.75 Å². The fourth-order valence-electron chi connectivity index (χ4n) is 6.03. The van der Waals surface area contributed by atoms with Gasteiger partial charge in [-0.3, -0.25) is 19.6 Å². The lowest BCUT2D eigenvalue weighted by Gasteiger charge is -2.35. The first kappa shape index (κ1) is 31.6. The number of carbonyl (C=O) groups is 1. The number of aryl methyl sites for hydroxylation is 2. The van der Waals surface area contributed by atoms with Gasteiger partial charge < -0.3 is 15.2 Å². The van der Waals surface area contributed by atoms with Crippen molar-refractivity contribution in [2.24, 2.45) is 0 Å². The lowest BCUT2D eigenvalue weighted by molar-refractivity contribution is -0.123. The van der Waals surface area contributed by atoms with Crippen molar-refractivity contribution in [3.8, 4) is 5.75 Å². The number of aliphatic hydroxyl groups is 1. The fraction of sp³-hybridized carbons (Fsp3) is 0.405. The molecule has 1 aliphatic rings. The summed E-state index contributed by atoms with van der Waals surface area (Å²) >= 11 is 0. The number of aromatic nitrogens is 1. The lowest BCUT2D eigenvalue weighted by Crippen LogP contribution is -2.52. The molecule has 0 aliphatic carbocycles. The van der Waals surface area contributed by atoms with Crippen LogP contribution in [0.15, 0.2) is 97.2 Å². The number of hydrogen-bond donors (Lipinski definition) is 2. The van der Waals surface area contributed by atoms with Crippen LogP contribution in [0.2, 0.25) is 0 Å². The predicted octanol–water partition coefficient (Wildman–Crippen LogP) is 5.12. The Morgan fingerprint density at radius 2 is 1.43 bits per heavy atom. The third-order valence-corrected chi connectivity index (χ3v) is 8.42. The van der Waals surface area contributed by atoms with Crippen molar-refractivity contribution in [1.82, 2.24) is 20.1 Å². The number of rotatable bonds is 16. The highest BCUT2D eigenvalue weighted by atomic mass is 16.5. The SMILES string of the molecule is O=C(CN1CCN(C[C@@H](O)COc2cccc3ncccc23)CC1)NC(CCCc1ccccc1)CCCc1ccccc1. The average Bonchev–Trinajstić information content (AvgIpc) is 3.05. The van der Waals surface area contributed by atoms with Crippen molar-refractivity contribution in [1.29, 1.82) is 0 Å². The highest BCUT2D eigenvalue weighted by molar-refractivity contribution is 5.84. The fourth-order valence-corrected chi connectivity index (χ4v) is 6.03. The van der Waals surface area contributed by atoms with E-state index < -0.39 is 6.10 Å². The Bertz CT molecular complexity index is 1360. The zero-order valence-electron chi connectivity index (χ0n) is 25.7. The van der Waals surface area contributed by atoms with E-state index in [1.807, 2.05) is 30.3 Å². The van der Waals surface area contributed by atoms with Crippen LogP contribution in [-0.4, -0.2) is 83.8 Å². The normalized spacial score (nSPS) is 15.0. The number of carbonyl (C=O) groups excluding carboxylic acids is 1. The molecule has 4 aromatic rings. The monoisotopic (exact) mass is 594 g/mol. The summed E-state index contributed by atoms with van der Waals surface area (Å²) in [4.78, 5) is 22.0. The van der Waals surface area contributed by atoms with E-state index in [2.05, 4.69) is 80.8 Å². The number of hydrogen-bond acceptors (Lipinski definition) is 6. The highest BCUT2D eigenvalue weighted by Crippen LogP contribution is 2.23. The van der Waals surface area contributed by atoms with Gasteiger partial charge in [-0.05, 0) is 73.9 Å². The minimum absolute atomic E-state index is 0.112. The molecule has 7 heteroatoms. The van der Waals surface area contributed by atoms with Crippen molar-refractivity contribution in [3.05, 3.63) is 108 Å². The minimum atomic E-state index is -0.593. The highest BCUT2D eigenvalue weighted by Gasteiger charge is 2.22. The summed E-state index contributed by atoms with van der Waals surface area (Å²) in [6.45, 7) is 4.45. The molecule has 232 valence electrons. The number of fused-ring (bicyclic) bond motifs is 1. The van der Waals surface area contributed by atoms with Gasteiger partial charge in [0.25, 0.3) is 0 Å². The molecule has 1 atom stereocenters. The quantitative estimate of drug-likeness (QED) is 0.188. The Labute approximate surface area is 261 Å². The maximum absolute atomic E-state index is 13.1. The number of pyridine rings is 1. The molecule has 2 N–H and O–H groups in total. The lowest BCUT2D eigenvalue weighted by atomic mass is 9.99. The van der Waals surface area contributed by atoms with Crippen LogP contribution in [0, 0.1) is 0 Å². The van der Waals surface area contributed by atoms with E-state index in [1.54, 1.807) is 6.20 Å². The van der Waals surface area contributed by atoms with Gasteiger partial charge in [-0.2, -0.15) is 0 Å². The van der Waals surface area contributed by atoms with Crippen molar-refractivity contribution in [3.63, 3.8) is 0 Å². The summed E-state index contributed by atoms with van der Waals surface area (Å²) < 4.78 is 5.96.